The van der Waals surface area contributed by atoms with E-state index in [0.717, 1.165) is 13.1 Å². The van der Waals surface area contributed by atoms with Crippen molar-refractivity contribution in [3.05, 3.63) is 76.1 Å². The van der Waals surface area contributed by atoms with Crippen molar-refractivity contribution in [2.45, 2.75) is 20.0 Å². The molecule has 4 nitrogen and oxygen atoms in total. The first kappa shape index (κ1) is 15.3. The first-order valence-electron chi connectivity index (χ1n) is 7.78. The molecule has 0 aliphatic heterocycles. The van der Waals surface area contributed by atoms with Crippen LogP contribution in [0.2, 0.25) is 0 Å². The third-order valence-corrected chi connectivity index (χ3v) is 4.07. The molecule has 0 saturated carbocycles. The van der Waals surface area contributed by atoms with Crippen molar-refractivity contribution in [2.24, 2.45) is 0 Å². The minimum Gasteiger partial charge on any atom is -0.507 e. The zero-order chi connectivity index (χ0) is 16.2. The molecule has 0 atom stereocenters. The van der Waals surface area contributed by atoms with E-state index in [2.05, 4.69) is 28.9 Å². The van der Waals surface area contributed by atoms with Crippen LogP contribution in [0.15, 0.2) is 59.4 Å². The number of aromatic hydroxyl groups is 1. The summed E-state index contributed by atoms with van der Waals surface area (Å²) in [6.45, 7) is 4.00. The lowest BCUT2D eigenvalue weighted by atomic mass is 10.1. The maximum absolute atomic E-state index is 12.3. The molecule has 4 heteroatoms. The molecule has 0 amide bonds. The molecular formula is C19H20N2O2. The molecule has 0 unspecified atom stereocenters. The average molecular weight is 308 g/mol. The molecule has 0 saturated heterocycles. The molecule has 1 aromatic heterocycles. The molecule has 3 aromatic rings. The highest BCUT2D eigenvalue weighted by molar-refractivity contribution is 5.85. The Labute approximate surface area is 135 Å². The lowest BCUT2D eigenvalue weighted by Crippen LogP contribution is -2.26. The van der Waals surface area contributed by atoms with Gasteiger partial charge in [-0.15, -0.1) is 0 Å². The minimum atomic E-state index is -0.229. The summed E-state index contributed by atoms with van der Waals surface area (Å²) in [5.74, 6) is 0.0795. The van der Waals surface area contributed by atoms with Crippen molar-refractivity contribution in [3.8, 4) is 5.75 Å². The largest absolute Gasteiger partial charge is 0.507 e. The van der Waals surface area contributed by atoms with E-state index in [1.165, 1.54) is 5.56 Å². The number of aromatic amines is 1. The highest BCUT2D eigenvalue weighted by atomic mass is 16.3. The normalized spacial score (nSPS) is 11.2. The van der Waals surface area contributed by atoms with Crippen molar-refractivity contribution in [1.82, 2.24) is 9.88 Å². The Morgan fingerprint density at radius 2 is 1.70 bits per heavy atom. The summed E-state index contributed by atoms with van der Waals surface area (Å²) >= 11 is 0. The number of pyridine rings is 1. The Hall–Kier alpha value is -2.59. The SMILES string of the molecule is CCN(Cc1ccccc1)Cc1c(O)c2ccccc2[nH]c1=O. The molecular weight excluding hydrogens is 288 g/mol. The van der Waals surface area contributed by atoms with Crippen molar-refractivity contribution < 1.29 is 5.11 Å². The van der Waals surface area contributed by atoms with Gasteiger partial charge in [0.25, 0.3) is 5.56 Å². The van der Waals surface area contributed by atoms with Crippen molar-refractivity contribution in [1.29, 1.82) is 0 Å². The highest BCUT2D eigenvalue weighted by Gasteiger charge is 2.15. The molecule has 118 valence electrons. The smallest absolute Gasteiger partial charge is 0.256 e. The number of nitrogens with one attached hydrogen (secondary N) is 1. The van der Waals surface area contributed by atoms with Gasteiger partial charge in [-0.1, -0.05) is 49.4 Å². The van der Waals surface area contributed by atoms with Gasteiger partial charge in [0, 0.05) is 18.5 Å². The number of hydrogen-bond donors (Lipinski definition) is 2. The summed E-state index contributed by atoms with van der Waals surface area (Å²) < 4.78 is 0. The van der Waals surface area contributed by atoms with Crippen LogP contribution in [0.4, 0.5) is 0 Å². The number of H-pyrrole nitrogens is 1. The quantitative estimate of drug-likeness (QED) is 0.760. The molecule has 23 heavy (non-hydrogen) atoms. The zero-order valence-electron chi connectivity index (χ0n) is 13.1. The maximum atomic E-state index is 12.3. The summed E-state index contributed by atoms with van der Waals surface area (Å²) in [7, 11) is 0. The average Bonchev–Trinajstić information content (AvgIpc) is 2.58. The number of nitrogens with zero attached hydrogens (tertiary/aromatic N) is 1. The fourth-order valence-corrected chi connectivity index (χ4v) is 2.76. The minimum absolute atomic E-state index is 0.0795. The van der Waals surface area contributed by atoms with Gasteiger partial charge in [0.05, 0.1) is 11.1 Å². The van der Waals surface area contributed by atoms with Crippen LogP contribution in [0.25, 0.3) is 10.9 Å². The van der Waals surface area contributed by atoms with Crippen LogP contribution in [0.3, 0.4) is 0 Å². The number of para-hydroxylation sites is 1. The monoisotopic (exact) mass is 308 g/mol. The second kappa shape index (κ2) is 6.67. The fourth-order valence-electron chi connectivity index (χ4n) is 2.76. The predicted molar refractivity (Wildman–Crippen MR) is 92.5 cm³/mol. The van der Waals surface area contributed by atoms with Crippen LogP contribution in [0, 0.1) is 0 Å². The van der Waals surface area contributed by atoms with Crippen LogP contribution < -0.4 is 5.56 Å². The molecule has 2 aromatic carbocycles. The highest BCUT2D eigenvalue weighted by Crippen LogP contribution is 2.25. The van der Waals surface area contributed by atoms with E-state index < -0.39 is 0 Å². The lowest BCUT2D eigenvalue weighted by molar-refractivity contribution is 0.266. The molecule has 0 bridgehead atoms. The van der Waals surface area contributed by atoms with E-state index in [9.17, 15) is 9.90 Å². The van der Waals surface area contributed by atoms with Gasteiger partial charge in [0.15, 0.2) is 0 Å². The van der Waals surface area contributed by atoms with Crippen LogP contribution in [0.5, 0.6) is 5.75 Å². The van der Waals surface area contributed by atoms with Crippen LogP contribution in [0.1, 0.15) is 18.1 Å². The van der Waals surface area contributed by atoms with Gasteiger partial charge >= 0.3 is 0 Å². The van der Waals surface area contributed by atoms with Gasteiger partial charge in [-0.3, -0.25) is 9.69 Å². The standard InChI is InChI=1S/C19H20N2O2/c1-2-21(12-14-8-4-3-5-9-14)13-16-18(22)15-10-6-7-11-17(15)20-19(16)23/h3-11H,2,12-13H2,1H3,(H2,20,22,23). The lowest BCUT2D eigenvalue weighted by Gasteiger charge is -2.21. The molecule has 0 radical (unpaired) electrons. The van der Waals surface area contributed by atoms with Crippen LogP contribution >= 0.6 is 0 Å². The van der Waals surface area contributed by atoms with Crippen LogP contribution in [-0.4, -0.2) is 21.5 Å². The van der Waals surface area contributed by atoms with E-state index in [0.29, 0.717) is 23.0 Å². The maximum Gasteiger partial charge on any atom is 0.256 e. The summed E-state index contributed by atoms with van der Waals surface area (Å²) in [4.78, 5) is 17.3. The Bertz CT molecular complexity index is 856. The van der Waals surface area contributed by atoms with Crippen molar-refractivity contribution >= 4 is 10.9 Å². The summed E-state index contributed by atoms with van der Waals surface area (Å²) in [6, 6.07) is 17.4. The van der Waals surface area contributed by atoms with E-state index in [1.54, 1.807) is 6.07 Å². The summed E-state index contributed by atoms with van der Waals surface area (Å²) in [5, 5.41) is 11.2. The van der Waals surface area contributed by atoms with E-state index in [4.69, 9.17) is 0 Å². The third-order valence-electron chi connectivity index (χ3n) is 4.07. The first-order valence-corrected chi connectivity index (χ1v) is 7.78. The molecule has 1 heterocycles. The first-order chi connectivity index (χ1) is 11.2. The molecule has 0 aliphatic rings. The zero-order valence-corrected chi connectivity index (χ0v) is 13.1. The van der Waals surface area contributed by atoms with Crippen molar-refractivity contribution in [3.63, 3.8) is 0 Å². The molecule has 0 aliphatic carbocycles. The van der Waals surface area contributed by atoms with Gasteiger partial charge in [0.1, 0.15) is 5.75 Å². The van der Waals surface area contributed by atoms with Crippen LogP contribution in [-0.2, 0) is 13.1 Å². The van der Waals surface area contributed by atoms with Gasteiger partial charge in [-0.25, -0.2) is 0 Å². The Balaban J connectivity index is 1.92. The molecule has 0 fully saturated rings. The number of rotatable bonds is 5. The predicted octanol–water partition coefficient (Wildman–Crippen LogP) is 3.26. The molecule has 2 N–H and O–H groups in total. The summed E-state index contributed by atoms with van der Waals surface area (Å²) in [6.07, 6.45) is 0. The third kappa shape index (κ3) is 3.27. The molecule has 3 rings (SSSR count). The second-order valence-corrected chi connectivity index (χ2v) is 5.62. The van der Waals surface area contributed by atoms with E-state index >= 15 is 0 Å². The second-order valence-electron chi connectivity index (χ2n) is 5.62. The fraction of sp³-hybridized carbons (Fsp3) is 0.211. The van der Waals surface area contributed by atoms with Crippen molar-refractivity contribution in [2.75, 3.05) is 6.54 Å². The Morgan fingerprint density at radius 1 is 1.00 bits per heavy atom. The van der Waals surface area contributed by atoms with Gasteiger partial charge in [-0.05, 0) is 24.2 Å². The van der Waals surface area contributed by atoms with E-state index in [1.807, 2.05) is 36.4 Å². The Kier molecular flexibility index (Phi) is 4.44. The Morgan fingerprint density at radius 3 is 2.43 bits per heavy atom. The molecule has 0 spiro atoms. The van der Waals surface area contributed by atoms with Gasteiger partial charge in [-0.2, -0.15) is 0 Å². The number of aromatic nitrogens is 1. The van der Waals surface area contributed by atoms with Gasteiger partial charge in [0.2, 0.25) is 0 Å². The van der Waals surface area contributed by atoms with E-state index in [-0.39, 0.29) is 11.3 Å². The summed E-state index contributed by atoms with van der Waals surface area (Å²) in [5.41, 5.74) is 2.03. The number of benzene rings is 2. The number of fused-ring (bicyclic) bond motifs is 1. The van der Waals surface area contributed by atoms with Gasteiger partial charge < -0.3 is 10.1 Å². The number of hydrogen-bond acceptors (Lipinski definition) is 3. The topological polar surface area (TPSA) is 56.3 Å².